The number of likely N-dealkylation sites (N-methyl/N-ethyl adjacent to an activating group) is 1. The Morgan fingerprint density at radius 1 is 0.808 bits per heavy atom. The summed E-state index contributed by atoms with van der Waals surface area (Å²) < 4.78 is 29.1. The molecule has 0 amide bonds. The molecular weight excluding hydrogens is 344 g/mol. The maximum Gasteiger partial charge on any atom is 0.243 e. The largest absolute Gasteiger partial charge is 0.305 e. The van der Waals surface area contributed by atoms with Gasteiger partial charge < -0.3 is 4.90 Å². The van der Waals surface area contributed by atoms with Crippen LogP contribution < -0.4 is 0 Å². The maximum absolute atomic E-state index is 13.7. The molecule has 26 heavy (non-hydrogen) atoms. The van der Waals surface area contributed by atoms with Gasteiger partial charge >= 0.3 is 0 Å². The minimum atomic E-state index is -3.50. The quantitative estimate of drug-likeness (QED) is 0.761. The standard InChI is InChI=1S/C21H36N2O2S/c1-15(2)18-13-19(16(3)4)21(20(14-18)17(5)6)26(24,25)23-10-8-9-22(7)11-12-23/h13-17H,8-12H2,1-7H3. The van der Waals surface area contributed by atoms with E-state index in [-0.39, 0.29) is 11.8 Å². The van der Waals surface area contributed by atoms with Gasteiger partial charge in [-0.2, -0.15) is 4.31 Å². The zero-order valence-corrected chi connectivity index (χ0v) is 18.4. The number of sulfonamides is 1. The van der Waals surface area contributed by atoms with Crippen LogP contribution in [0.15, 0.2) is 17.0 Å². The summed E-state index contributed by atoms with van der Waals surface area (Å²) in [5.74, 6) is 0.727. The van der Waals surface area contributed by atoms with Gasteiger partial charge in [0.1, 0.15) is 0 Å². The minimum absolute atomic E-state index is 0.172. The van der Waals surface area contributed by atoms with Gasteiger partial charge in [0, 0.05) is 19.6 Å². The minimum Gasteiger partial charge on any atom is -0.305 e. The first-order chi connectivity index (χ1) is 12.1. The predicted octanol–water partition coefficient (Wildman–Crippen LogP) is 4.38. The molecule has 0 saturated carbocycles. The van der Waals surface area contributed by atoms with Gasteiger partial charge in [0.05, 0.1) is 4.90 Å². The second-order valence-corrected chi connectivity index (χ2v) is 10.4. The third kappa shape index (κ3) is 4.49. The smallest absolute Gasteiger partial charge is 0.243 e. The van der Waals surface area contributed by atoms with Crippen LogP contribution >= 0.6 is 0 Å². The Balaban J connectivity index is 2.65. The predicted molar refractivity (Wildman–Crippen MR) is 110 cm³/mol. The van der Waals surface area contributed by atoms with Gasteiger partial charge in [-0.1, -0.05) is 53.7 Å². The second kappa shape index (κ2) is 8.41. The lowest BCUT2D eigenvalue weighted by molar-refractivity contribution is 0.347. The fraction of sp³-hybridized carbons (Fsp3) is 0.714. The normalized spacial score (nSPS) is 18.1. The highest BCUT2D eigenvalue weighted by atomic mass is 32.2. The van der Waals surface area contributed by atoms with E-state index >= 15 is 0 Å². The molecule has 0 unspecified atom stereocenters. The van der Waals surface area contributed by atoms with E-state index in [1.807, 2.05) is 0 Å². The fourth-order valence-electron chi connectivity index (χ4n) is 3.58. The zero-order chi connectivity index (χ0) is 19.6. The van der Waals surface area contributed by atoms with Crippen LogP contribution in [0.2, 0.25) is 0 Å². The van der Waals surface area contributed by atoms with Crippen LogP contribution in [0.25, 0.3) is 0 Å². The van der Waals surface area contributed by atoms with Crippen molar-refractivity contribution in [3.8, 4) is 0 Å². The van der Waals surface area contributed by atoms with Crippen LogP contribution in [-0.4, -0.2) is 50.8 Å². The van der Waals surface area contributed by atoms with E-state index in [4.69, 9.17) is 0 Å². The summed E-state index contributed by atoms with van der Waals surface area (Å²) in [7, 11) is -1.43. The Morgan fingerprint density at radius 2 is 1.35 bits per heavy atom. The van der Waals surface area contributed by atoms with Gasteiger partial charge in [-0.25, -0.2) is 8.42 Å². The summed E-state index contributed by atoms with van der Waals surface area (Å²) in [5, 5.41) is 0. The molecule has 1 aromatic rings. The molecule has 0 radical (unpaired) electrons. The van der Waals surface area contributed by atoms with Crippen molar-refractivity contribution in [1.82, 2.24) is 9.21 Å². The van der Waals surface area contributed by atoms with Crippen molar-refractivity contribution in [3.63, 3.8) is 0 Å². The first-order valence-corrected chi connectivity index (χ1v) is 11.4. The summed E-state index contributed by atoms with van der Waals surface area (Å²) in [6.45, 7) is 15.6. The summed E-state index contributed by atoms with van der Waals surface area (Å²) in [6, 6.07) is 4.25. The summed E-state index contributed by atoms with van der Waals surface area (Å²) >= 11 is 0. The number of hydrogen-bond donors (Lipinski definition) is 0. The molecule has 0 aromatic heterocycles. The Bertz CT molecular complexity index is 695. The van der Waals surface area contributed by atoms with Gasteiger partial charge in [0.25, 0.3) is 0 Å². The molecule has 2 rings (SSSR count). The van der Waals surface area contributed by atoms with Crippen LogP contribution in [0.3, 0.4) is 0 Å². The van der Waals surface area contributed by atoms with E-state index in [0.29, 0.717) is 23.9 Å². The molecule has 1 aromatic carbocycles. The lowest BCUT2D eigenvalue weighted by atomic mass is 9.89. The number of nitrogens with zero attached hydrogens (tertiary/aromatic N) is 2. The molecule has 0 bridgehead atoms. The van der Waals surface area contributed by atoms with Crippen LogP contribution in [0, 0.1) is 0 Å². The van der Waals surface area contributed by atoms with Crippen molar-refractivity contribution in [3.05, 3.63) is 28.8 Å². The van der Waals surface area contributed by atoms with E-state index in [2.05, 4.69) is 65.6 Å². The first kappa shape index (κ1) is 21.4. The number of rotatable bonds is 5. The Labute approximate surface area is 160 Å². The molecule has 1 saturated heterocycles. The van der Waals surface area contributed by atoms with E-state index < -0.39 is 10.0 Å². The van der Waals surface area contributed by atoms with Crippen LogP contribution in [0.5, 0.6) is 0 Å². The third-order valence-electron chi connectivity index (χ3n) is 5.36. The van der Waals surface area contributed by atoms with Gasteiger partial charge in [0.15, 0.2) is 0 Å². The monoisotopic (exact) mass is 380 g/mol. The van der Waals surface area contributed by atoms with Gasteiger partial charge in [-0.15, -0.1) is 0 Å². The topological polar surface area (TPSA) is 40.6 Å². The molecule has 5 heteroatoms. The lowest BCUT2D eigenvalue weighted by Crippen LogP contribution is -2.35. The van der Waals surface area contributed by atoms with E-state index in [1.165, 1.54) is 5.56 Å². The highest BCUT2D eigenvalue weighted by Gasteiger charge is 2.32. The molecule has 0 N–H and O–H groups in total. The Hall–Kier alpha value is -0.910. The molecule has 0 spiro atoms. The van der Waals surface area contributed by atoms with Crippen LogP contribution in [0.4, 0.5) is 0 Å². The molecule has 1 heterocycles. The highest BCUT2D eigenvalue weighted by molar-refractivity contribution is 7.89. The van der Waals surface area contributed by atoms with Crippen molar-refractivity contribution >= 4 is 10.0 Å². The molecular formula is C21H36N2O2S. The number of benzene rings is 1. The molecule has 148 valence electrons. The van der Waals surface area contributed by atoms with Crippen molar-refractivity contribution in [2.24, 2.45) is 0 Å². The SMILES string of the molecule is CC(C)c1cc(C(C)C)c(S(=O)(=O)N2CCCN(C)CC2)c(C(C)C)c1. The van der Waals surface area contributed by atoms with E-state index in [1.54, 1.807) is 4.31 Å². The van der Waals surface area contributed by atoms with Gasteiger partial charge in [0.2, 0.25) is 10.0 Å². The second-order valence-electron chi connectivity index (χ2n) is 8.55. The van der Waals surface area contributed by atoms with E-state index in [9.17, 15) is 8.42 Å². The van der Waals surface area contributed by atoms with Crippen molar-refractivity contribution < 1.29 is 8.42 Å². The van der Waals surface area contributed by atoms with Crippen LogP contribution in [-0.2, 0) is 10.0 Å². The Morgan fingerprint density at radius 3 is 1.81 bits per heavy atom. The van der Waals surface area contributed by atoms with Gasteiger partial charge in [-0.05, 0) is 54.5 Å². The Kier molecular flexibility index (Phi) is 6.92. The molecule has 0 aliphatic carbocycles. The molecule has 4 nitrogen and oxygen atoms in total. The summed E-state index contributed by atoms with van der Waals surface area (Å²) in [4.78, 5) is 2.78. The van der Waals surface area contributed by atoms with Gasteiger partial charge in [-0.3, -0.25) is 0 Å². The van der Waals surface area contributed by atoms with Crippen LogP contribution in [0.1, 0.15) is 82.4 Å². The average molecular weight is 381 g/mol. The van der Waals surface area contributed by atoms with E-state index in [0.717, 1.165) is 30.6 Å². The fourth-order valence-corrected chi connectivity index (χ4v) is 5.71. The van der Waals surface area contributed by atoms with Crippen molar-refractivity contribution in [1.29, 1.82) is 0 Å². The molecule has 1 fully saturated rings. The average Bonchev–Trinajstić information content (AvgIpc) is 2.78. The maximum atomic E-state index is 13.7. The third-order valence-corrected chi connectivity index (χ3v) is 7.39. The van der Waals surface area contributed by atoms with Crippen molar-refractivity contribution in [2.45, 2.75) is 70.6 Å². The van der Waals surface area contributed by atoms with Crippen molar-refractivity contribution in [2.75, 3.05) is 33.2 Å². The number of hydrogen-bond acceptors (Lipinski definition) is 3. The highest BCUT2D eigenvalue weighted by Crippen LogP contribution is 2.36. The molecule has 0 atom stereocenters. The lowest BCUT2D eigenvalue weighted by Gasteiger charge is -2.27. The summed E-state index contributed by atoms with van der Waals surface area (Å²) in [5.41, 5.74) is 3.17. The first-order valence-electron chi connectivity index (χ1n) is 9.92. The molecule has 1 aliphatic rings. The zero-order valence-electron chi connectivity index (χ0n) is 17.5. The molecule has 1 aliphatic heterocycles. The summed E-state index contributed by atoms with van der Waals surface area (Å²) in [6.07, 6.45) is 0.883.